The molecule has 1 aliphatic heterocycles. The molecule has 1 saturated heterocycles. The van der Waals surface area contributed by atoms with Crippen LogP contribution in [-0.4, -0.2) is 33.1 Å². The normalized spacial score (nSPS) is 17.7. The van der Waals surface area contributed by atoms with E-state index in [1.54, 1.807) is 12.1 Å². The number of likely N-dealkylation sites (tertiary alicyclic amines) is 1. The predicted molar refractivity (Wildman–Crippen MR) is 100.0 cm³/mol. The number of carbonyl (C=O) groups excluding carboxylic acids is 1. The second-order valence-electron chi connectivity index (χ2n) is 7.20. The number of hydrogen-bond acceptors (Lipinski definition) is 2. The highest BCUT2D eigenvalue weighted by atomic mass is 16.3. The third-order valence-corrected chi connectivity index (χ3v) is 5.60. The molecule has 1 aliphatic rings. The molecule has 4 nitrogen and oxygen atoms in total. The van der Waals surface area contributed by atoms with Gasteiger partial charge in [0.25, 0.3) is 5.91 Å². The lowest BCUT2D eigenvalue weighted by molar-refractivity contribution is 0.0601. The fraction of sp³-hybridized carbons (Fsp3) is 0.476. The largest absolute Gasteiger partial charge is 0.508 e. The summed E-state index contributed by atoms with van der Waals surface area (Å²) >= 11 is 0. The van der Waals surface area contributed by atoms with Crippen molar-refractivity contribution in [2.45, 2.75) is 52.0 Å². The maximum atomic E-state index is 13.1. The summed E-state index contributed by atoms with van der Waals surface area (Å²) in [5, 5.41) is 9.41. The predicted octanol–water partition coefficient (Wildman–Crippen LogP) is 3.98. The van der Waals surface area contributed by atoms with E-state index in [9.17, 15) is 9.90 Å². The van der Waals surface area contributed by atoms with E-state index < -0.39 is 0 Å². The topological polar surface area (TPSA) is 45.5 Å². The number of carbonyl (C=O) groups is 1. The van der Waals surface area contributed by atoms with Gasteiger partial charge in [-0.2, -0.15) is 0 Å². The number of phenols is 1. The monoisotopic (exact) mass is 340 g/mol. The van der Waals surface area contributed by atoms with Crippen LogP contribution in [0.15, 0.2) is 30.3 Å². The molecule has 134 valence electrons. The lowest BCUT2D eigenvalue weighted by Crippen LogP contribution is -2.44. The minimum atomic E-state index is 0.177. The molecule has 3 rings (SSSR count). The Hall–Kier alpha value is -2.23. The van der Waals surface area contributed by atoms with E-state index in [1.165, 1.54) is 12.0 Å². The molecule has 1 aromatic heterocycles. The van der Waals surface area contributed by atoms with Crippen LogP contribution in [0.4, 0.5) is 0 Å². The van der Waals surface area contributed by atoms with Gasteiger partial charge in [0.15, 0.2) is 0 Å². The molecule has 0 aliphatic carbocycles. The molecule has 2 heterocycles. The summed E-state index contributed by atoms with van der Waals surface area (Å²) in [6.45, 7) is 4.92. The Bertz CT molecular complexity index is 746. The Morgan fingerprint density at radius 3 is 2.56 bits per heavy atom. The lowest BCUT2D eigenvalue weighted by atomic mass is 9.95. The van der Waals surface area contributed by atoms with Crippen molar-refractivity contribution in [3.05, 3.63) is 52.8 Å². The van der Waals surface area contributed by atoms with Crippen LogP contribution >= 0.6 is 0 Å². The van der Waals surface area contributed by atoms with Crippen molar-refractivity contribution in [3.63, 3.8) is 0 Å². The number of piperidine rings is 1. The fourth-order valence-corrected chi connectivity index (χ4v) is 3.79. The molecule has 4 heteroatoms. The van der Waals surface area contributed by atoms with Gasteiger partial charge in [-0.3, -0.25) is 4.79 Å². The number of aromatic hydroxyl groups is 1. The van der Waals surface area contributed by atoms with Crippen molar-refractivity contribution in [1.82, 2.24) is 9.47 Å². The Balaban J connectivity index is 1.72. The van der Waals surface area contributed by atoms with E-state index in [0.29, 0.717) is 11.8 Å². The summed E-state index contributed by atoms with van der Waals surface area (Å²) in [5.74, 6) is 0.477. The quantitative estimate of drug-likeness (QED) is 0.915. The molecule has 1 amide bonds. The van der Waals surface area contributed by atoms with Crippen LogP contribution in [0.5, 0.6) is 5.75 Å². The number of phenolic OH excluding ortho intramolecular Hbond substituents is 1. The number of nitrogens with zero attached hydrogens (tertiary/aromatic N) is 2. The first-order valence-corrected chi connectivity index (χ1v) is 9.19. The van der Waals surface area contributed by atoms with Gasteiger partial charge in [-0.25, -0.2) is 0 Å². The molecular weight excluding hydrogens is 312 g/mol. The number of benzene rings is 1. The third kappa shape index (κ3) is 3.73. The van der Waals surface area contributed by atoms with Gasteiger partial charge < -0.3 is 14.6 Å². The van der Waals surface area contributed by atoms with Crippen LogP contribution in [0.1, 0.15) is 53.0 Å². The second-order valence-corrected chi connectivity index (χ2v) is 7.20. The molecule has 1 atom stereocenters. The SMILES string of the molecule is Cc1cc(C(=O)N2CCCC[C@@H]2CCc2ccc(O)cc2)c(C)n1C. The molecule has 2 aromatic rings. The number of aromatic nitrogens is 1. The van der Waals surface area contributed by atoms with E-state index in [4.69, 9.17) is 0 Å². The van der Waals surface area contributed by atoms with E-state index in [0.717, 1.165) is 49.2 Å². The molecule has 1 fully saturated rings. The minimum absolute atomic E-state index is 0.177. The first-order chi connectivity index (χ1) is 12.0. The Labute approximate surface area is 150 Å². The first kappa shape index (κ1) is 17.6. The van der Waals surface area contributed by atoms with E-state index in [2.05, 4.69) is 9.47 Å². The summed E-state index contributed by atoms with van der Waals surface area (Å²) < 4.78 is 2.09. The second kappa shape index (κ2) is 7.34. The third-order valence-electron chi connectivity index (χ3n) is 5.60. The van der Waals surface area contributed by atoms with Gasteiger partial charge in [0, 0.05) is 31.0 Å². The highest BCUT2D eigenvalue weighted by Gasteiger charge is 2.29. The summed E-state index contributed by atoms with van der Waals surface area (Å²) in [6, 6.07) is 9.72. The summed E-state index contributed by atoms with van der Waals surface area (Å²) in [4.78, 5) is 15.2. The van der Waals surface area contributed by atoms with Gasteiger partial charge in [-0.05, 0) is 69.7 Å². The van der Waals surface area contributed by atoms with Gasteiger partial charge in [0.1, 0.15) is 5.75 Å². The number of rotatable bonds is 4. The number of aryl methyl sites for hydroxylation is 2. The van der Waals surface area contributed by atoms with Crippen LogP contribution in [0.2, 0.25) is 0 Å². The number of amides is 1. The molecule has 25 heavy (non-hydrogen) atoms. The summed E-state index contributed by atoms with van der Waals surface area (Å²) in [6.07, 6.45) is 5.26. The van der Waals surface area contributed by atoms with Gasteiger partial charge in [-0.15, -0.1) is 0 Å². The van der Waals surface area contributed by atoms with Crippen LogP contribution < -0.4 is 0 Å². The van der Waals surface area contributed by atoms with Crippen LogP contribution in [0.25, 0.3) is 0 Å². The smallest absolute Gasteiger partial charge is 0.255 e. The van der Waals surface area contributed by atoms with Crippen LogP contribution in [-0.2, 0) is 13.5 Å². The Morgan fingerprint density at radius 2 is 1.92 bits per heavy atom. The van der Waals surface area contributed by atoms with Crippen molar-refractivity contribution in [1.29, 1.82) is 0 Å². The van der Waals surface area contributed by atoms with Gasteiger partial charge >= 0.3 is 0 Å². The fourth-order valence-electron chi connectivity index (χ4n) is 3.79. The number of hydrogen-bond donors (Lipinski definition) is 1. The van der Waals surface area contributed by atoms with E-state index >= 15 is 0 Å². The Kier molecular flexibility index (Phi) is 5.16. The first-order valence-electron chi connectivity index (χ1n) is 9.19. The van der Waals surface area contributed by atoms with Crippen LogP contribution in [0, 0.1) is 13.8 Å². The van der Waals surface area contributed by atoms with Gasteiger partial charge in [0.05, 0.1) is 5.56 Å². The van der Waals surface area contributed by atoms with Crippen LogP contribution in [0.3, 0.4) is 0 Å². The van der Waals surface area contributed by atoms with Crippen molar-refractivity contribution < 1.29 is 9.90 Å². The van der Waals surface area contributed by atoms with Crippen molar-refractivity contribution in [2.24, 2.45) is 7.05 Å². The average Bonchev–Trinajstić information content (AvgIpc) is 2.88. The molecule has 0 bridgehead atoms. The molecule has 0 radical (unpaired) electrons. The highest BCUT2D eigenvalue weighted by Crippen LogP contribution is 2.25. The van der Waals surface area contributed by atoms with Crippen molar-refractivity contribution in [3.8, 4) is 5.75 Å². The zero-order chi connectivity index (χ0) is 18.0. The van der Waals surface area contributed by atoms with E-state index in [1.807, 2.05) is 39.1 Å². The lowest BCUT2D eigenvalue weighted by Gasteiger charge is -2.36. The van der Waals surface area contributed by atoms with E-state index in [-0.39, 0.29) is 5.91 Å². The van der Waals surface area contributed by atoms with Crippen molar-refractivity contribution in [2.75, 3.05) is 6.54 Å². The standard InChI is InChI=1S/C21H28N2O2/c1-15-14-20(16(2)22(15)3)21(25)23-13-5-4-6-18(23)10-7-17-8-11-19(24)12-9-17/h8-9,11-12,14,18,24H,4-7,10,13H2,1-3H3/t18-/m1/s1. The summed E-state index contributed by atoms with van der Waals surface area (Å²) in [5.41, 5.74) is 4.22. The average molecular weight is 340 g/mol. The molecule has 0 spiro atoms. The molecule has 0 saturated carbocycles. The molecule has 1 N–H and O–H groups in total. The summed E-state index contributed by atoms with van der Waals surface area (Å²) in [7, 11) is 2.01. The maximum Gasteiger partial charge on any atom is 0.255 e. The van der Waals surface area contributed by atoms with Crippen molar-refractivity contribution >= 4 is 5.91 Å². The zero-order valence-corrected chi connectivity index (χ0v) is 15.5. The highest BCUT2D eigenvalue weighted by molar-refractivity contribution is 5.96. The minimum Gasteiger partial charge on any atom is -0.508 e. The zero-order valence-electron chi connectivity index (χ0n) is 15.5. The Morgan fingerprint density at radius 1 is 1.20 bits per heavy atom. The molecular formula is C21H28N2O2. The van der Waals surface area contributed by atoms with Gasteiger partial charge in [0.2, 0.25) is 0 Å². The maximum absolute atomic E-state index is 13.1. The molecule has 1 aromatic carbocycles. The molecule has 0 unspecified atom stereocenters. The van der Waals surface area contributed by atoms with Gasteiger partial charge in [-0.1, -0.05) is 12.1 Å².